The number of alkyl halides is 3. The van der Waals surface area contributed by atoms with E-state index in [0.717, 1.165) is 0 Å². The minimum absolute atomic E-state index is 0.0221. The van der Waals surface area contributed by atoms with Crippen molar-refractivity contribution >= 4 is 38.3 Å². The Kier molecular flexibility index (Phi) is 2.40. The number of rotatable bonds is 2. The zero-order chi connectivity index (χ0) is 11.1. The van der Waals surface area contributed by atoms with Crippen LogP contribution < -0.4 is 10.5 Å². The molecule has 80 valence electrons. The van der Waals surface area contributed by atoms with E-state index >= 15 is 0 Å². The molecule has 7 heteroatoms. The maximum Gasteiger partial charge on any atom is 0.487 e. The minimum atomic E-state index is -3.70. The lowest BCUT2D eigenvalue weighted by atomic mass is 10.3. The smallest absolute Gasteiger partial charge is 0.420 e. The van der Waals surface area contributed by atoms with Gasteiger partial charge in [-0.1, -0.05) is 11.3 Å². The zero-order valence-electron chi connectivity index (χ0n) is 7.21. The molecule has 0 fully saturated rings. The molecule has 1 aromatic heterocycles. The quantitative estimate of drug-likeness (QED) is 0.834. The number of ether oxygens (including phenoxy) is 1. The molecule has 0 radical (unpaired) electrons. The number of halogens is 3. The van der Waals surface area contributed by atoms with Crippen LogP contribution in [0.25, 0.3) is 10.2 Å². The first-order valence-corrected chi connectivity index (χ1v) is 5.05. The van der Waals surface area contributed by atoms with Gasteiger partial charge >= 0.3 is 5.57 Å². The van der Waals surface area contributed by atoms with Crippen molar-refractivity contribution < 1.29 is 13.5 Å². The van der Waals surface area contributed by atoms with Gasteiger partial charge in [0.1, 0.15) is 5.75 Å². The Hall–Kier alpha value is -1.14. The van der Waals surface area contributed by atoms with Crippen LogP contribution in [-0.4, -0.2) is 10.6 Å². The molecule has 0 saturated carbocycles. The number of fused-ring (bicyclic) bond motifs is 1. The van der Waals surface area contributed by atoms with E-state index in [2.05, 4.69) is 21.3 Å². The monoisotopic (exact) mass is 250 g/mol. The summed E-state index contributed by atoms with van der Waals surface area (Å²) >= 11 is 5.82. The van der Waals surface area contributed by atoms with Crippen molar-refractivity contribution in [3.05, 3.63) is 18.2 Å². The molecule has 0 saturated heterocycles. The van der Waals surface area contributed by atoms with E-state index in [-0.39, 0.29) is 5.75 Å². The Bertz CT molecular complexity index is 497. The van der Waals surface area contributed by atoms with Crippen molar-refractivity contribution in [1.29, 1.82) is 0 Å². The van der Waals surface area contributed by atoms with E-state index in [9.17, 15) is 8.78 Å². The highest BCUT2D eigenvalue weighted by Crippen LogP contribution is 2.31. The SMILES string of the molecule is Nc1nc2ccc(OC(F)(F)Cl)cc2s1. The number of hydrogen-bond acceptors (Lipinski definition) is 4. The number of benzene rings is 1. The number of nitrogens with zero attached hydrogens (tertiary/aromatic N) is 1. The van der Waals surface area contributed by atoms with Crippen LogP contribution in [0.4, 0.5) is 13.9 Å². The Labute approximate surface area is 92.4 Å². The Morgan fingerprint density at radius 1 is 1.47 bits per heavy atom. The molecule has 0 atom stereocenters. The molecule has 15 heavy (non-hydrogen) atoms. The second-order valence-electron chi connectivity index (χ2n) is 2.73. The summed E-state index contributed by atoms with van der Waals surface area (Å²) in [6.07, 6.45) is 0. The van der Waals surface area contributed by atoms with Gasteiger partial charge in [-0.05, 0) is 18.2 Å². The normalized spacial score (nSPS) is 11.9. The van der Waals surface area contributed by atoms with Crippen LogP contribution in [0, 0.1) is 0 Å². The van der Waals surface area contributed by atoms with Gasteiger partial charge in [0.25, 0.3) is 0 Å². The van der Waals surface area contributed by atoms with Crippen LogP contribution in [-0.2, 0) is 0 Å². The first kappa shape index (κ1) is 10.4. The summed E-state index contributed by atoms with van der Waals surface area (Å²) in [5, 5.41) is 0.375. The lowest BCUT2D eigenvalue weighted by Crippen LogP contribution is -2.15. The van der Waals surface area contributed by atoms with Crippen LogP contribution in [0.15, 0.2) is 18.2 Å². The topological polar surface area (TPSA) is 48.1 Å². The highest BCUT2D eigenvalue weighted by atomic mass is 35.5. The van der Waals surface area contributed by atoms with Gasteiger partial charge < -0.3 is 10.5 Å². The summed E-state index contributed by atoms with van der Waals surface area (Å²) in [6.45, 7) is 0. The van der Waals surface area contributed by atoms with Crippen LogP contribution in [0.3, 0.4) is 0 Å². The first-order chi connectivity index (χ1) is 6.94. The fourth-order valence-corrected chi connectivity index (χ4v) is 1.97. The molecule has 0 aliphatic heterocycles. The first-order valence-electron chi connectivity index (χ1n) is 3.86. The van der Waals surface area contributed by atoms with Gasteiger partial charge in [0, 0.05) is 11.6 Å². The average molecular weight is 251 g/mol. The average Bonchev–Trinajstić information content (AvgIpc) is 2.40. The van der Waals surface area contributed by atoms with Crippen molar-refractivity contribution in [1.82, 2.24) is 4.98 Å². The van der Waals surface area contributed by atoms with E-state index in [1.807, 2.05) is 0 Å². The molecule has 3 nitrogen and oxygen atoms in total. The lowest BCUT2D eigenvalue weighted by Gasteiger charge is -2.09. The highest BCUT2D eigenvalue weighted by Gasteiger charge is 2.27. The number of aromatic nitrogens is 1. The van der Waals surface area contributed by atoms with Gasteiger partial charge in [-0.3, -0.25) is 0 Å². The van der Waals surface area contributed by atoms with Crippen LogP contribution in [0.2, 0.25) is 0 Å². The third-order valence-electron chi connectivity index (χ3n) is 1.61. The summed E-state index contributed by atoms with van der Waals surface area (Å²) in [4.78, 5) is 3.97. The molecule has 2 aromatic rings. The van der Waals surface area contributed by atoms with E-state index in [1.54, 1.807) is 6.07 Å². The van der Waals surface area contributed by atoms with Gasteiger partial charge in [0.2, 0.25) is 0 Å². The van der Waals surface area contributed by atoms with Crippen LogP contribution in [0.5, 0.6) is 5.75 Å². The van der Waals surface area contributed by atoms with Gasteiger partial charge in [0.05, 0.1) is 10.2 Å². The van der Waals surface area contributed by atoms with Crippen molar-refractivity contribution in [2.45, 2.75) is 5.57 Å². The van der Waals surface area contributed by atoms with Crippen LogP contribution in [0.1, 0.15) is 0 Å². The second kappa shape index (κ2) is 3.46. The Morgan fingerprint density at radius 3 is 2.87 bits per heavy atom. The molecule has 1 aromatic carbocycles. The lowest BCUT2D eigenvalue weighted by molar-refractivity contribution is -0.0963. The summed E-state index contributed by atoms with van der Waals surface area (Å²) in [6, 6.07) is 4.32. The molecule has 0 aliphatic rings. The largest absolute Gasteiger partial charge is 0.487 e. The fraction of sp³-hybridized carbons (Fsp3) is 0.125. The van der Waals surface area contributed by atoms with Gasteiger partial charge in [0.15, 0.2) is 5.13 Å². The molecular formula is C8H5ClF2N2OS. The van der Waals surface area contributed by atoms with Crippen molar-refractivity contribution in [3.63, 3.8) is 0 Å². The minimum Gasteiger partial charge on any atom is -0.420 e. The van der Waals surface area contributed by atoms with E-state index in [1.165, 1.54) is 23.5 Å². The van der Waals surface area contributed by atoms with Crippen molar-refractivity contribution in [2.75, 3.05) is 5.73 Å². The Morgan fingerprint density at radius 2 is 2.20 bits per heavy atom. The standard InChI is InChI=1S/C8H5ClF2N2OS/c9-8(10,11)14-4-1-2-5-6(3-4)15-7(12)13-5/h1-3H,(H2,12,13). The summed E-state index contributed by atoms with van der Waals surface area (Å²) in [5.41, 5.74) is 2.40. The molecule has 0 aliphatic carbocycles. The number of thiazole rings is 1. The number of nitrogens with two attached hydrogens (primary N) is 1. The number of anilines is 1. The van der Waals surface area contributed by atoms with E-state index < -0.39 is 5.57 Å². The number of nitrogen functional groups attached to an aromatic ring is 1. The maximum absolute atomic E-state index is 12.3. The molecule has 1 heterocycles. The Balaban J connectivity index is 2.38. The van der Waals surface area contributed by atoms with Crippen LogP contribution >= 0.6 is 22.9 Å². The molecule has 2 rings (SSSR count). The summed E-state index contributed by atoms with van der Waals surface area (Å²) in [5.74, 6) is -0.0221. The highest BCUT2D eigenvalue weighted by molar-refractivity contribution is 7.22. The predicted octanol–water partition coefficient (Wildman–Crippen LogP) is 3.05. The summed E-state index contributed by atoms with van der Waals surface area (Å²) < 4.78 is 29.5. The third kappa shape index (κ3) is 2.45. The molecule has 2 N–H and O–H groups in total. The maximum atomic E-state index is 12.3. The van der Waals surface area contributed by atoms with Gasteiger partial charge in [-0.15, -0.1) is 8.78 Å². The molecular weight excluding hydrogens is 246 g/mol. The molecule has 0 unspecified atom stereocenters. The third-order valence-corrected chi connectivity index (χ3v) is 2.53. The van der Waals surface area contributed by atoms with Crippen molar-refractivity contribution in [3.8, 4) is 5.75 Å². The van der Waals surface area contributed by atoms with E-state index in [0.29, 0.717) is 15.3 Å². The molecule has 0 amide bonds. The van der Waals surface area contributed by atoms with E-state index in [4.69, 9.17) is 5.73 Å². The predicted molar refractivity (Wildman–Crippen MR) is 55.5 cm³/mol. The zero-order valence-corrected chi connectivity index (χ0v) is 8.78. The van der Waals surface area contributed by atoms with Gasteiger partial charge in [-0.25, -0.2) is 4.98 Å². The van der Waals surface area contributed by atoms with Crippen molar-refractivity contribution in [2.24, 2.45) is 0 Å². The van der Waals surface area contributed by atoms with Gasteiger partial charge in [-0.2, -0.15) is 0 Å². The fourth-order valence-electron chi connectivity index (χ4n) is 1.12. The second-order valence-corrected chi connectivity index (χ2v) is 4.23. The molecule has 0 spiro atoms. The summed E-state index contributed by atoms with van der Waals surface area (Å²) in [7, 11) is 0. The molecule has 0 bridgehead atoms. The number of hydrogen-bond donors (Lipinski definition) is 1.